The summed E-state index contributed by atoms with van der Waals surface area (Å²) in [5, 5.41) is 0. The van der Waals surface area contributed by atoms with Crippen LogP contribution in [0.2, 0.25) is 0 Å². The number of carbonyl (C=O) groups excluding carboxylic acids is 3. The van der Waals surface area contributed by atoms with E-state index in [2.05, 4.69) is 0 Å². The van der Waals surface area contributed by atoms with Crippen molar-refractivity contribution in [2.45, 2.75) is 26.7 Å². The molecular formula is C10H15NO3. The van der Waals surface area contributed by atoms with Crippen molar-refractivity contribution < 1.29 is 14.4 Å². The smallest absolute Gasteiger partial charge is 0.232 e. The molecule has 1 fully saturated rings. The zero-order valence-electron chi connectivity index (χ0n) is 8.53. The first-order valence-electron chi connectivity index (χ1n) is 4.85. The van der Waals surface area contributed by atoms with Gasteiger partial charge in [-0.15, -0.1) is 0 Å². The van der Waals surface area contributed by atoms with E-state index in [0.29, 0.717) is 12.8 Å². The highest BCUT2D eigenvalue weighted by Gasteiger charge is 2.31. The van der Waals surface area contributed by atoms with Gasteiger partial charge in [-0.25, -0.2) is 0 Å². The summed E-state index contributed by atoms with van der Waals surface area (Å²) in [5.74, 6) is -0.656. The molecule has 2 atom stereocenters. The summed E-state index contributed by atoms with van der Waals surface area (Å²) in [6, 6.07) is 0. The second-order valence-electron chi connectivity index (χ2n) is 3.90. The van der Waals surface area contributed by atoms with Crippen LogP contribution < -0.4 is 0 Å². The van der Waals surface area contributed by atoms with E-state index in [1.54, 1.807) is 6.92 Å². The van der Waals surface area contributed by atoms with Gasteiger partial charge in [0.05, 0.1) is 0 Å². The van der Waals surface area contributed by atoms with Crippen LogP contribution in [0.3, 0.4) is 0 Å². The molecule has 1 saturated heterocycles. The van der Waals surface area contributed by atoms with Crippen molar-refractivity contribution in [2.75, 3.05) is 6.54 Å². The third-order valence-electron chi connectivity index (χ3n) is 2.48. The van der Waals surface area contributed by atoms with Gasteiger partial charge >= 0.3 is 0 Å². The second-order valence-corrected chi connectivity index (χ2v) is 3.90. The van der Waals surface area contributed by atoms with Crippen molar-refractivity contribution in [3.05, 3.63) is 0 Å². The van der Waals surface area contributed by atoms with E-state index in [0.717, 1.165) is 6.29 Å². The molecule has 4 heteroatoms. The van der Waals surface area contributed by atoms with Gasteiger partial charge in [0.2, 0.25) is 11.8 Å². The van der Waals surface area contributed by atoms with E-state index in [1.807, 2.05) is 6.92 Å². The number of hydrogen-bond donors (Lipinski definition) is 0. The molecule has 0 aromatic carbocycles. The lowest BCUT2D eigenvalue weighted by atomic mass is 9.97. The molecule has 2 amide bonds. The van der Waals surface area contributed by atoms with Crippen LogP contribution in [-0.2, 0) is 14.4 Å². The maximum atomic E-state index is 11.6. The summed E-state index contributed by atoms with van der Waals surface area (Å²) >= 11 is 0. The van der Waals surface area contributed by atoms with Crippen LogP contribution in [0.1, 0.15) is 26.7 Å². The van der Waals surface area contributed by atoms with E-state index >= 15 is 0 Å². The highest BCUT2D eigenvalue weighted by atomic mass is 16.2. The molecule has 1 aliphatic heterocycles. The first kappa shape index (κ1) is 10.9. The summed E-state index contributed by atoms with van der Waals surface area (Å²) in [5.41, 5.74) is 0. The SMILES string of the molecule is CC(C=O)CN1C(=O)CCC(C)C1=O. The van der Waals surface area contributed by atoms with Gasteiger partial charge in [0, 0.05) is 24.8 Å². The normalized spacial score (nSPS) is 25.0. The topological polar surface area (TPSA) is 54.5 Å². The van der Waals surface area contributed by atoms with Gasteiger partial charge in [-0.3, -0.25) is 14.5 Å². The first-order valence-corrected chi connectivity index (χ1v) is 4.85. The highest BCUT2D eigenvalue weighted by Crippen LogP contribution is 2.19. The van der Waals surface area contributed by atoms with Crippen LogP contribution in [0.5, 0.6) is 0 Å². The standard InChI is InChI=1S/C10H15NO3/c1-7(6-12)5-11-9(13)4-3-8(2)10(11)14/h6-8H,3-5H2,1-2H3. The van der Waals surface area contributed by atoms with Crippen molar-refractivity contribution in [3.63, 3.8) is 0 Å². The fourth-order valence-corrected chi connectivity index (χ4v) is 1.51. The average Bonchev–Trinajstić information content (AvgIpc) is 2.18. The number of nitrogens with zero attached hydrogens (tertiary/aromatic N) is 1. The van der Waals surface area contributed by atoms with Crippen LogP contribution in [0.4, 0.5) is 0 Å². The molecule has 0 bridgehead atoms. The summed E-state index contributed by atoms with van der Waals surface area (Å²) in [4.78, 5) is 34.6. The van der Waals surface area contributed by atoms with Crippen molar-refractivity contribution in [1.29, 1.82) is 0 Å². The highest BCUT2D eigenvalue weighted by molar-refractivity contribution is 5.98. The number of imide groups is 1. The Bertz CT molecular complexity index is 262. The summed E-state index contributed by atoms with van der Waals surface area (Å²) in [6.07, 6.45) is 1.81. The molecule has 0 saturated carbocycles. The van der Waals surface area contributed by atoms with E-state index in [4.69, 9.17) is 0 Å². The Balaban J connectivity index is 2.67. The third kappa shape index (κ3) is 2.19. The van der Waals surface area contributed by atoms with Crippen LogP contribution in [-0.4, -0.2) is 29.5 Å². The second kappa shape index (κ2) is 4.35. The summed E-state index contributed by atoms with van der Waals surface area (Å²) in [6.45, 7) is 3.74. The van der Waals surface area contributed by atoms with Gasteiger partial charge in [0.25, 0.3) is 0 Å². The lowest BCUT2D eigenvalue weighted by molar-refractivity contribution is -0.151. The van der Waals surface area contributed by atoms with Gasteiger partial charge < -0.3 is 4.79 Å². The molecule has 78 valence electrons. The van der Waals surface area contributed by atoms with Gasteiger partial charge in [0.1, 0.15) is 6.29 Å². The number of aldehydes is 1. The van der Waals surface area contributed by atoms with E-state index < -0.39 is 0 Å². The Morgan fingerprint density at radius 2 is 2.21 bits per heavy atom. The van der Waals surface area contributed by atoms with Gasteiger partial charge in [0.15, 0.2) is 0 Å². The van der Waals surface area contributed by atoms with Crippen molar-refractivity contribution in [3.8, 4) is 0 Å². The van der Waals surface area contributed by atoms with Crippen LogP contribution in [0.25, 0.3) is 0 Å². The minimum absolute atomic E-state index is 0.0912. The Hall–Kier alpha value is -1.19. The quantitative estimate of drug-likeness (QED) is 0.492. The molecule has 1 rings (SSSR count). The minimum atomic E-state index is -0.270. The molecule has 0 aromatic rings. The fraction of sp³-hybridized carbons (Fsp3) is 0.700. The van der Waals surface area contributed by atoms with Gasteiger partial charge in [-0.1, -0.05) is 13.8 Å². The Labute approximate surface area is 83.3 Å². The Morgan fingerprint density at radius 1 is 1.57 bits per heavy atom. The molecule has 0 N–H and O–H groups in total. The zero-order valence-corrected chi connectivity index (χ0v) is 8.53. The van der Waals surface area contributed by atoms with Crippen molar-refractivity contribution in [1.82, 2.24) is 4.90 Å². The number of piperidine rings is 1. The predicted molar refractivity (Wildman–Crippen MR) is 50.3 cm³/mol. The fourth-order valence-electron chi connectivity index (χ4n) is 1.51. The Kier molecular flexibility index (Phi) is 3.38. The van der Waals surface area contributed by atoms with Gasteiger partial charge in [-0.05, 0) is 6.42 Å². The maximum absolute atomic E-state index is 11.6. The molecule has 1 heterocycles. The lowest BCUT2D eigenvalue weighted by Crippen LogP contribution is -2.46. The van der Waals surface area contributed by atoms with Gasteiger partial charge in [-0.2, -0.15) is 0 Å². The Morgan fingerprint density at radius 3 is 2.79 bits per heavy atom. The zero-order chi connectivity index (χ0) is 10.7. The maximum Gasteiger partial charge on any atom is 0.232 e. The number of rotatable bonds is 3. The number of amides is 2. The number of hydrogen-bond acceptors (Lipinski definition) is 3. The average molecular weight is 197 g/mol. The van der Waals surface area contributed by atoms with Crippen molar-refractivity contribution >= 4 is 18.1 Å². The monoisotopic (exact) mass is 197 g/mol. The molecule has 0 spiro atoms. The third-order valence-corrected chi connectivity index (χ3v) is 2.48. The molecule has 0 aliphatic carbocycles. The summed E-state index contributed by atoms with van der Waals surface area (Å²) in [7, 11) is 0. The number of carbonyl (C=O) groups is 3. The molecule has 2 unspecified atom stereocenters. The predicted octanol–water partition coefficient (Wildman–Crippen LogP) is 0.606. The molecule has 1 aliphatic rings. The molecular weight excluding hydrogens is 182 g/mol. The molecule has 0 aromatic heterocycles. The van der Waals surface area contributed by atoms with Crippen molar-refractivity contribution in [2.24, 2.45) is 11.8 Å². The number of likely N-dealkylation sites (tertiary alicyclic amines) is 1. The van der Waals surface area contributed by atoms with E-state index in [9.17, 15) is 14.4 Å². The van der Waals surface area contributed by atoms with E-state index in [1.165, 1.54) is 4.90 Å². The van der Waals surface area contributed by atoms with Crippen LogP contribution in [0.15, 0.2) is 0 Å². The molecule has 14 heavy (non-hydrogen) atoms. The van der Waals surface area contributed by atoms with Crippen LogP contribution in [0, 0.1) is 11.8 Å². The minimum Gasteiger partial charge on any atom is -0.303 e. The molecule has 4 nitrogen and oxygen atoms in total. The molecule has 0 radical (unpaired) electrons. The summed E-state index contributed by atoms with van der Waals surface area (Å²) < 4.78 is 0. The van der Waals surface area contributed by atoms with E-state index in [-0.39, 0.29) is 30.2 Å². The first-order chi connectivity index (χ1) is 6.56. The van der Waals surface area contributed by atoms with Crippen LogP contribution >= 0.6 is 0 Å². The largest absolute Gasteiger partial charge is 0.303 e. The lowest BCUT2D eigenvalue weighted by Gasteiger charge is -2.29.